The summed E-state index contributed by atoms with van der Waals surface area (Å²) in [6.45, 7) is 0. The van der Waals surface area contributed by atoms with Gasteiger partial charge in [-0.15, -0.1) is 0 Å². The molecule has 1 aromatic carbocycles. The van der Waals surface area contributed by atoms with Crippen LogP contribution in [0.3, 0.4) is 0 Å². The Morgan fingerprint density at radius 3 is 2.57 bits per heavy atom. The molecule has 5 nitrogen and oxygen atoms in total. The first-order valence-electron chi connectivity index (χ1n) is 5.64. The van der Waals surface area contributed by atoms with E-state index in [1.165, 1.54) is 12.4 Å². The number of hydrogen-bond donors (Lipinski definition) is 1. The molecule has 0 spiro atoms. The van der Waals surface area contributed by atoms with Crippen molar-refractivity contribution in [3.63, 3.8) is 0 Å². The molecule has 1 N–H and O–H groups in total. The number of carbonyl (C=O) groups is 1. The van der Waals surface area contributed by atoms with Crippen molar-refractivity contribution in [3.05, 3.63) is 58.1 Å². The molecule has 0 atom stereocenters. The Morgan fingerprint density at radius 1 is 1.29 bits per heavy atom. The maximum absolute atomic E-state index is 13.8. The molecule has 0 bridgehead atoms. The quantitative estimate of drug-likeness (QED) is 0.890. The van der Waals surface area contributed by atoms with Crippen LogP contribution >= 0.6 is 15.9 Å². The highest BCUT2D eigenvalue weighted by atomic mass is 79.9. The van der Waals surface area contributed by atoms with Crippen molar-refractivity contribution >= 4 is 31.7 Å². The van der Waals surface area contributed by atoms with Crippen molar-refractivity contribution in [1.29, 1.82) is 0 Å². The second-order valence-electron chi connectivity index (χ2n) is 4.22. The summed E-state index contributed by atoms with van der Waals surface area (Å²) >= 11 is 3.17. The first-order chi connectivity index (χ1) is 9.79. The van der Waals surface area contributed by atoms with Crippen LogP contribution in [0.1, 0.15) is 15.9 Å². The third kappa shape index (κ3) is 3.64. The highest BCUT2D eigenvalue weighted by Gasteiger charge is 2.21. The molecule has 0 amide bonds. The van der Waals surface area contributed by atoms with Crippen molar-refractivity contribution in [2.24, 2.45) is 0 Å². The predicted octanol–water partition coefficient (Wildman–Crippen LogP) is 2.66. The molecule has 0 saturated carbocycles. The molecule has 110 valence electrons. The van der Waals surface area contributed by atoms with Gasteiger partial charge >= 0.3 is 5.97 Å². The summed E-state index contributed by atoms with van der Waals surface area (Å²) in [4.78, 5) is 14.0. The Labute approximate surface area is 128 Å². The lowest BCUT2D eigenvalue weighted by Crippen LogP contribution is -2.09. The lowest BCUT2D eigenvalue weighted by atomic mass is 10.2. The molecule has 0 aliphatic rings. The fraction of sp³-hybridized carbons (Fsp3) is 0.0769. The van der Waals surface area contributed by atoms with Crippen molar-refractivity contribution in [1.82, 2.24) is 4.98 Å². The molecular formula is C13H9BrFNO4S. The van der Waals surface area contributed by atoms with Gasteiger partial charge in [0, 0.05) is 16.9 Å². The lowest BCUT2D eigenvalue weighted by Gasteiger charge is -2.07. The van der Waals surface area contributed by atoms with Crippen LogP contribution in [0, 0.1) is 5.82 Å². The van der Waals surface area contributed by atoms with Gasteiger partial charge < -0.3 is 5.11 Å². The molecule has 2 aromatic rings. The number of aromatic nitrogens is 1. The largest absolute Gasteiger partial charge is 0.478 e. The molecule has 1 aromatic heterocycles. The number of rotatable bonds is 4. The number of nitrogens with zero attached hydrogens (tertiary/aromatic N) is 1. The average Bonchev–Trinajstić information content (AvgIpc) is 2.37. The second-order valence-corrected chi connectivity index (χ2v) is 7.09. The van der Waals surface area contributed by atoms with Gasteiger partial charge in [0.1, 0.15) is 10.7 Å². The van der Waals surface area contributed by atoms with Gasteiger partial charge in [-0.3, -0.25) is 4.98 Å². The first kappa shape index (κ1) is 15.6. The van der Waals surface area contributed by atoms with Crippen molar-refractivity contribution in [3.8, 4) is 0 Å². The maximum Gasteiger partial charge on any atom is 0.335 e. The monoisotopic (exact) mass is 373 g/mol. The van der Waals surface area contributed by atoms with Crippen LogP contribution in [0.15, 0.2) is 46.0 Å². The van der Waals surface area contributed by atoms with Crippen LogP contribution in [0.2, 0.25) is 0 Å². The van der Waals surface area contributed by atoms with Gasteiger partial charge in [0.2, 0.25) is 0 Å². The van der Waals surface area contributed by atoms with Gasteiger partial charge in [-0.1, -0.05) is 0 Å². The molecule has 0 unspecified atom stereocenters. The standard InChI is InChI=1S/C13H9BrFNO4S/c14-10-3-8(5-16-6-10)7-21(19,20)12-2-1-9(13(17)18)4-11(12)15/h1-6H,7H2,(H,17,18). The maximum atomic E-state index is 13.8. The van der Waals surface area contributed by atoms with Gasteiger partial charge in [-0.05, 0) is 45.8 Å². The SMILES string of the molecule is O=C(O)c1ccc(S(=O)(=O)Cc2cncc(Br)c2)c(F)c1. The molecule has 1 heterocycles. The number of carboxylic acid groups (broad SMARTS) is 1. The number of halogens is 2. The molecule has 0 radical (unpaired) electrons. The van der Waals surface area contributed by atoms with E-state index >= 15 is 0 Å². The average molecular weight is 374 g/mol. The Hall–Kier alpha value is -1.80. The molecule has 21 heavy (non-hydrogen) atoms. The number of pyridine rings is 1. The minimum absolute atomic E-state index is 0.310. The van der Waals surface area contributed by atoms with Crippen LogP contribution in [0.25, 0.3) is 0 Å². The van der Waals surface area contributed by atoms with E-state index in [9.17, 15) is 17.6 Å². The van der Waals surface area contributed by atoms with Gasteiger partial charge in [-0.25, -0.2) is 17.6 Å². The number of benzene rings is 1. The summed E-state index contributed by atoms with van der Waals surface area (Å²) in [5.41, 5.74) is 0.0849. The minimum atomic E-state index is -3.93. The summed E-state index contributed by atoms with van der Waals surface area (Å²) in [5.74, 6) is -2.84. The topological polar surface area (TPSA) is 84.3 Å². The molecule has 0 saturated heterocycles. The number of hydrogen-bond acceptors (Lipinski definition) is 4. The Balaban J connectivity index is 2.38. The number of aromatic carboxylic acids is 1. The van der Waals surface area contributed by atoms with E-state index in [1.807, 2.05) is 0 Å². The summed E-state index contributed by atoms with van der Waals surface area (Å²) in [7, 11) is -3.93. The van der Waals surface area contributed by atoms with Crippen LogP contribution < -0.4 is 0 Å². The van der Waals surface area contributed by atoms with Gasteiger partial charge in [0.05, 0.1) is 11.3 Å². The zero-order chi connectivity index (χ0) is 15.6. The summed E-state index contributed by atoms with van der Waals surface area (Å²) in [6.07, 6.45) is 2.87. The Bertz CT molecular complexity index is 808. The Kier molecular flexibility index (Phi) is 4.38. The summed E-state index contributed by atoms with van der Waals surface area (Å²) < 4.78 is 38.8. The molecule has 8 heteroatoms. The lowest BCUT2D eigenvalue weighted by molar-refractivity contribution is 0.0696. The first-order valence-corrected chi connectivity index (χ1v) is 8.09. The van der Waals surface area contributed by atoms with E-state index in [-0.39, 0.29) is 5.56 Å². The molecule has 0 aliphatic heterocycles. The summed E-state index contributed by atoms with van der Waals surface area (Å²) in [5, 5.41) is 8.74. The van der Waals surface area contributed by atoms with E-state index in [4.69, 9.17) is 5.11 Å². The fourth-order valence-corrected chi connectivity index (χ4v) is 3.51. The molecule has 2 rings (SSSR count). The molecular weight excluding hydrogens is 365 g/mol. The zero-order valence-corrected chi connectivity index (χ0v) is 12.9. The number of carboxylic acids is 1. The van der Waals surface area contributed by atoms with Crippen LogP contribution in [-0.2, 0) is 15.6 Å². The second kappa shape index (κ2) is 5.90. The van der Waals surface area contributed by atoms with E-state index < -0.39 is 32.3 Å². The predicted molar refractivity (Wildman–Crippen MR) is 76.2 cm³/mol. The highest BCUT2D eigenvalue weighted by Crippen LogP contribution is 2.21. The summed E-state index contributed by atoms with van der Waals surface area (Å²) in [6, 6.07) is 4.26. The van der Waals surface area contributed by atoms with Gasteiger partial charge in [0.15, 0.2) is 9.84 Å². The van der Waals surface area contributed by atoms with Crippen LogP contribution in [0.5, 0.6) is 0 Å². The minimum Gasteiger partial charge on any atom is -0.478 e. The smallest absolute Gasteiger partial charge is 0.335 e. The number of sulfone groups is 1. The zero-order valence-electron chi connectivity index (χ0n) is 10.5. The third-order valence-corrected chi connectivity index (χ3v) is 4.78. The van der Waals surface area contributed by atoms with Crippen molar-refractivity contribution < 1.29 is 22.7 Å². The Morgan fingerprint density at radius 2 is 2.00 bits per heavy atom. The van der Waals surface area contributed by atoms with Crippen LogP contribution in [-0.4, -0.2) is 24.5 Å². The van der Waals surface area contributed by atoms with E-state index in [2.05, 4.69) is 20.9 Å². The van der Waals surface area contributed by atoms with E-state index in [1.54, 1.807) is 6.07 Å². The van der Waals surface area contributed by atoms with Gasteiger partial charge in [-0.2, -0.15) is 0 Å². The molecule has 0 aliphatic carbocycles. The highest BCUT2D eigenvalue weighted by molar-refractivity contribution is 9.10. The van der Waals surface area contributed by atoms with E-state index in [0.29, 0.717) is 16.1 Å². The van der Waals surface area contributed by atoms with Crippen LogP contribution in [0.4, 0.5) is 4.39 Å². The fourth-order valence-electron chi connectivity index (χ4n) is 1.72. The van der Waals surface area contributed by atoms with Gasteiger partial charge in [0.25, 0.3) is 0 Å². The normalized spacial score (nSPS) is 11.3. The third-order valence-electron chi connectivity index (χ3n) is 2.63. The molecule has 0 fully saturated rings. The van der Waals surface area contributed by atoms with Crippen molar-refractivity contribution in [2.75, 3.05) is 0 Å². The van der Waals surface area contributed by atoms with Crippen molar-refractivity contribution in [2.45, 2.75) is 10.6 Å². The van der Waals surface area contributed by atoms with E-state index in [0.717, 1.165) is 12.1 Å².